The number of nitrogens with zero attached hydrogens (tertiary/aromatic N) is 3. The Kier molecular flexibility index (Phi) is 7.31. The molecule has 1 atom stereocenters. The molecule has 2 aromatic rings. The Morgan fingerprint density at radius 3 is 2.73 bits per heavy atom. The van der Waals surface area contributed by atoms with Gasteiger partial charge in [-0.25, -0.2) is 18.1 Å². The van der Waals surface area contributed by atoms with Gasteiger partial charge in [0.15, 0.2) is 0 Å². The van der Waals surface area contributed by atoms with Crippen LogP contribution in [0.25, 0.3) is 16.8 Å². The van der Waals surface area contributed by atoms with E-state index in [0.717, 1.165) is 11.8 Å². The summed E-state index contributed by atoms with van der Waals surface area (Å²) in [6.07, 6.45) is 8.68. The molecule has 4 N–H and O–H groups in total. The molecule has 11 heteroatoms. The molecule has 2 aromatic heterocycles. The van der Waals surface area contributed by atoms with E-state index in [1.54, 1.807) is 41.5 Å². The molecule has 0 fully saturated rings. The van der Waals surface area contributed by atoms with Crippen LogP contribution in [0, 0.1) is 5.92 Å². The first-order valence-electron chi connectivity index (χ1n) is 10.3. The van der Waals surface area contributed by atoms with Crippen molar-refractivity contribution in [2.24, 2.45) is 5.92 Å². The highest BCUT2D eigenvalue weighted by atomic mass is 32.2. The number of alkyl halides is 3. The molecular weight excluding hydrogens is 455 g/mol. The first-order chi connectivity index (χ1) is 15.5. The van der Waals surface area contributed by atoms with E-state index in [4.69, 9.17) is 11.5 Å². The van der Waals surface area contributed by atoms with E-state index in [0.29, 0.717) is 29.8 Å². The molecule has 1 unspecified atom stereocenters. The third-order valence-electron chi connectivity index (χ3n) is 5.40. The quantitative estimate of drug-likeness (QED) is 0.638. The molecular formula is C22H26F3N5O2S. The van der Waals surface area contributed by atoms with Crippen LogP contribution in [0.15, 0.2) is 54.5 Å². The van der Waals surface area contributed by atoms with E-state index in [-0.39, 0.29) is 17.8 Å². The molecule has 2 heterocycles. The summed E-state index contributed by atoms with van der Waals surface area (Å²) in [5.41, 5.74) is 14.4. The van der Waals surface area contributed by atoms with Crippen molar-refractivity contribution in [3.05, 3.63) is 54.5 Å². The van der Waals surface area contributed by atoms with Crippen LogP contribution in [-0.2, 0) is 9.84 Å². The van der Waals surface area contributed by atoms with Crippen molar-refractivity contribution in [2.75, 3.05) is 23.5 Å². The number of pyridine rings is 1. The summed E-state index contributed by atoms with van der Waals surface area (Å²) >= 11 is 0. The summed E-state index contributed by atoms with van der Waals surface area (Å²) in [4.78, 5) is 3.94. The smallest absolute Gasteiger partial charge is 0.395 e. The summed E-state index contributed by atoms with van der Waals surface area (Å²) < 4.78 is 65.5. The van der Waals surface area contributed by atoms with Crippen molar-refractivity contribution in [3.8, 4) is 11.1 Å². The van der Waals surface area contributed by atoms with Crippen molar-refractivity contribution in [1.82, 2.24) is 14.8 Å². The van der Waals surface area contributed by atoms with E-state index in [2.05, 4.69) is 10.1 Å². The third kappa shape index (κ3) is 6.47. The van der Waals surface area contributed by atoms with Gasteiger partial charge in [0.1, 0.15) is 15.7 Å². The van der Waals surface area contributed by atoms with Crippen LogP contribution < -0.4 is 11.5 Å². The summed E-state index contributed by atoms with van der Waals surface area (Å²) in [5, 5.41) is 4.35. The summed E-state index contributed by atoms with van der Waals surface area (Å²) in [7, 11) is -3.50. The van der Waals surface area contributed by atoms with Crippen LogP contribution in [0.5, 0.6) is 0 Å². The Morgan fingerprint density at radius 1 is 1.27 bits per heavy atom. The average molecular weight is 482 g/mol. The second-order valence-electron chi connectivity index (χ2n) is 7.97. The molecule has 1 aliphatic rings. The number of aromatic nitrogens is 3. The zero-order valence-corrected chi connectivity index (χ0v) is 18.9. The first-order valence-corrected chi connectivity index (χ1v) is 12.4. The van der Waals surface area contributed by atoms with E-state index in [1.165, 1.54) is 6.08 Å². The summed E-state index contributed by atoms with van der Waals surface area (Å²) in [6.45, 7) is 0. The standard InChI is InChI=1S/C22H26F3N5O2S/c1-33(31,32)12-10-19(22(23,24)25)15-5-2-3-7-17(8-4-6-15)30-14-16(13-29-30)18-9-11-28-21(27)20(18)26/h4,6-9,11,13-14,19H,2-3,5,10,12,26H2,1H3,(H2,27,28)/b8-4-,15-6+,17-7+. The topological polar surface area (TPSA) is 117 Å². The number of rotatable bonds is 6. The molecule has 0 bridgehead atoms. The van der Waals surface area contributed by atoms with Crippen LogP contribution in [-0.4, -0.2) is 41.4 Å². The molecule has 0 spiro atoms. The van der Waals surface area contributed by atoms with Gasteiger partial charge in [-0.15, -0.1) is 0 Å². The lowest BCUT2D eigenvalue weighted by Gasteiger charge is -2.23. The van der Waals surface area contributed by atoms with Gasteiger partial charge in [0, 0.05) is 29.8 Å². The molecule has 0 amide bonds. The fraction of sp³-hybridized carbons (Fsp3) is 0.364. The predicted octanol–water partition coefficient (Wildman–Crippen LogP) is 4.23. The summed E-state index contributed by atoms with van der Waals surface area (Å²) in [5.74, 6) is -2.09. The predicted molar refractivity (Wildman–Crippen MR) is 124 cm³/mol. The molecule has 1 aliphatic carbocycles. The van der Waals surface area contributed by atoms with Gasteiger partial charge in [-0.2, -0.15) is 18.3 Å². The van der Waals surface area contributed by atoms with Gasteiger partial charge in [0.2, 0.25) is 0 Å². The minimum absolute atomic E-state index is 0.179. The zero-order chi connectivity index (χ0) is 24.2. The second-order valence-corrected chi connectivity index (χ2v) is 10.2. The van der Waals surface area contributed by atoms with E-state index in [9.17, 15) is 21.6 Å². The molecule has 3 rings (SSSR count). The fourth-order valence-corrected chi connectivity index (χ4v) is 4.34. The molecule has 33 heavy (non-hydrogen) atoms. The highest BCUT2D eigenvalue weighted by Crippen LogP contribution is 2.37. The molecule has 178 valence electrons. The Labute approximate surface area is 190 Å². The van der Waals surface area contributed by atoms with Crippen molar-refractivity contribution in [1.29, 1.82) is 0 Å². The van der Waals surface area contributed by atoms with Crippen molar-refractivity contribution >= 4 is 27.0 Å². The Bertz CT molecular complexity index is 1200. The van der Waals surface area contributed by atoms with Crippen LogP contribution in [0.4, 0.5) is 24.7 Å². The number of hydrogen-bond donors (Lipinski definition) is 2. The second kappa shape index (κ2) is 9.82. The number of nitrogen functional groups attached to an aromatic ring is 2. The minimum Gasteiger partial charge on any atom is -0.395 e. The van der Waals surface area contributed by atoms with Crippen LogP contribution >= 0.6 is 0 Å². The lowest BCUT2D eigenvalue weighted by molar-refractivity contribution is -0.165. The number of sulfone groups is 1. The average Bonchev–Trinajstić information content (AvgIpc) is 3.21. The van der Waals surface area contributed by atoms with Crippen LogP contribution in [0.1, 0.15) is 25.7 Å². The normalized spacial score (nSPS) is 20.5. The van der Waals surface area contributed by atoms with E-state index in [1.807, 2.05) is 6.08 Å². The van der Waals surface area contributed by atoms with Crippen LogP contribution in [0.2, 0.25) is 0 Å². The van der Waals surface area contributed by atoms with Gasteiger partial charge in [0.25, 0.3) is 0 Å². The number of nitrogens with two attached hydrogens (primary N) is 2. The van der Waals surface area contributed by atoms with Crippen LogP contribution in [0.3, 0.4) is 0 Å². The molecule has 7 nitrogen and oxygen atoms in total. The van der Waals surface area contributed by atoms with Gasteiger partial charge < -0.3 is 11.5 Å². The monoisotopic (exact) mass is 481 g/mol. The van der Waals surface area contributed by atoms with E-state index < -0.39 is 34.1 Å². The Hall–Kier alpha value is -3.08. The lowest BCUT2D eigenvalue weighted by atomic mass is 9.91. The van der Waals surface area contributed by atoms with E-state index >= 15 is 0 Å². The van der Waals surface area contributed by atoms with Gasteiger partial charge in [0.05, 0.1) is 29.3 Å². The Balaban J connectivity index is 1.85. The van der Waals surface area contributed by atoms with Gasteiger partial charge in [-0.1, -0.05) is 23.8 Å². The molecule has 0 aromatic carbocycles. The zero-order valence-electron chi connectivity index (χ0n) is 18.1. The first kappa shape index (κ1) is 24.6. The molecule has 0 saturated carbocycles. The molecule has 0 radical (unpaired) electrons. The fourth-order valence-electron chi connectivity index (χ4n) is 3.67. The third-order valence-corrected chi connectivity index (χ3v) is 6.38. The van der Waals surface area contributed by atoms with Gasteiger partial charge in [-0.3, -0.25) is 0 Å². The number of anilines is 2. The highest BCUT2D eigenvalue weighted by molar-refractivity contribution is 7.90. The lowest BCUT2D eigenvalue weighted by Crippen LogP contribution is -2.27. The van der Waals surface area contributed by atoms with Crippen molar-refractivity contribution in [2.45, 2.75) is 31.9 Å². The number of allylic oxidation sites excluding steroid dienone is 6. The Morgan fingerprint density at radius 2 is 2.03 bits per heavy atom. The maximum atomic E-state index is 13.7. The number of hydrogen-bond acceptors (Lipinski definition) is 6. The largest absolute Gasteiger partial charge is 0.395 e. The SMILES string of the molecule is CS(=O)(=O)CCC(/C1=C/C=C\C(n2cc(-c3ccnc(N)c3N)cn2)=C/CCC1)C(F)(F)F. The maximum absolute atomic E-state index is 13.7. The molecule has 0 saturated heterocycles. The van der Waals surface area contributed by atoms with Gasteiger partial charge >= 0.3 is 6.18 Å². The van der Waals surface area contributed by atoms with Gasteiger partial charge in [-0.05, 0) is 37.8 Å². The highest BCUT2D eigenvalue weighted by Gasteiger charge is 2.41. The van der Waals surface area contributed by atoms with Crippen molar-refractivity contribution in [3.63, 3.8) is 0 Å². The molecule has 0 aliphatic heterocycles. The maximum Gasteiger partial charge on any atom is 0.395 e. The minimum atomic E-state index is -4.52. The van der Waals surface area contributed by atoms with Crippen molar-refractivity contribution < 1.29 is 21.6 Å². The summed E-state index contributed by atoms with van der Waals surface area (Å²) in [6, 6.07) is 1.73. The number of halogens is 3.